The number of amides is 2. The Hall–Kier alpha value is -2.02. The van der Waals surface area contributed by atoms with Gasteiger partial charge in [0, 0.05) is 5.69 Å². The first-order chi connectivity index (χ1) is 8.58. The highest BCUT2D eigenvalue weighted by atomic mass is 32.2. The van der Waals surface area contributed by atoms with Crippen molar-refractivity contribution in [1.82, 2.24) is 5.32 Å². The summed E-state index contributed by atoms with van der Waals surface area (Å²) in [6, 6.07) is 8.65. The Morgan fingerprint density at radius 2 is 2.00 bits per heavy atom. The quantitative estimate of drug-likeness (QED) is 0.841. The average molecular weight is 266 g/mol. The minimum atomic E-state index is -1.06. The van der Waals surface area contributed by atoms with E-state index >= 15 is 0 Å². The first kappa shape index (κ1) is 12.4. The van der Waals surface area contributed by atoms with Gasteiger partial charge in [-0.1, -0.05) is 18.2 Å². The molecule has 7 heteroatoms. The summed E-state index contributed by atoms with van der Waals surface area (Å²) in [7, 11) is 0. The van der Waals surface area contributed by atoms with Crippen LogP contribution in [-0.4, -0.2) is 34.1 Å². The summed E-state index contributed by atoms with van der Waals surface area (Å²) in [4.78, 5) is 35.0. The molecule has 6 nitrogen and oxygen atoms in total. The van der Waals surface area contributed by atoms with Crippen molar-refractivity contribution in [2.24, 2.45) is 0 Å². The number of carbonyl (C=O) groups is 3. The number of carboxylic acids is 1. The zero-order chi connectivity index (χ0) is 13.1. The van der Waals surface area contributed by atoms with Gasteiger partial charge in [-0.25, -0.2) is 0 Å². The number of imide groups is 1. The summed E-state index contributed by atoms with van der Waals surface area (Å²) in [5.41, 5.74) is 0.585. The molecule has 0 aliphatic carbocycles. The highest BCUT2D eigenvalue weighted by molar-refractivity contribution is 8.15. The Morgan fingerprint density at radius 3 is 2.50 bits per heavy atom. The largest absolute Gasteiger partial charge is 0.480 e. The van der Waals surface area contributed by atoms with Crippen LogP contribution in [0.5, 0.6) is 0 Å². The molecule has 1 aromatic rings. The number of carbonyl (C=O) groups excluding carboxylic acids is 2. The van der Waals surface area contributed by atoms with Crippen molar-refractivity contribution >= 4 is 34.6 Å². The van der Waals surface area contributed by atoms with E-state index < -0.39 is 22.5 Å². The van der Waals surface area contributed by atoms with Gasteiger partial charge < -0.3 is 10.0 Å². The standard InChI is InChI=1S/C11H10N2O4S/c14-8(15)6-13(7-4-2-1-3-5-7)10-9(16)12-11(17)18-10/h1-5,10H,6H2,(H,14,15)(H,12,16,17)/t10-/m1/s1. The predicted molar refractivity (Wildman–Crippen MR) is 66.3 cm³/mol. The minimum Gasteiger partial charge on any atom is -0.480 e. The van der Waals surface area contributed by atoms with Crippen LogP contribution in [0.1, 0.15) is 0 Å². The molecule has 0 spiro atoms. The van der Waals surface area contributed by atoms with Gasteiger partial charge in [0.05, 0.1) is 0 Å². The molecule has 94 valence electrons. The van der Waals surface area contributed by atoms with Crippen LogP contribution >= 0.6 is 11.8 Å². The maximum absolute atomic E-state index is 11.6. The first-order valence-corrected chi connectivity index (χ1v) is 6.01. The normalized spacial score (nSPS) is 18.6. The number of nitrogens with zero attached hydrogens (tertiary/aromatic N) is 1. The monoisotopic (exact) mass is 266 g/mol. The van der Waals surface area contributed by atoms with Crippen molar-refractivity contribution in [2.45, 2.75) is 5.37 Å². The second-order valence-electron chi connectivity index (χ2n) is 3.60. The summed E-state index contributed by atoms with van der Waals surface area (Å²) in [6.45, 7) is -0.345. The van der Waals surface area contributed by atoms with Crippen molar-refractivity contribution in [2.75, 3.05) is 11.4 Å². The summed E-state index contributed by atoms with van der Waals surface area (Å²) < 4.78 is 0. The van der Waals surface area contributed by atoms with Gasteiger partial charge in [0.2, 0.25) is 0 Å². The molecule has 18 heavy (non-hydrogen) atoms. The third-order valence-electron chi connectivity index (χ3n) is 2.34. The number of rotatable bonds is 4. The molecular formula is C11H10N2O4S. The number of carboxylic acid groups (broad SMARTS) is 1. The molecule has 1 aliphatic heterocycles. The van der Waals surface area contributed by atoms with Crippen molar-refractivity contribution < 1.29 is 19.5 Å². The second kappa shape index (κ2) is 5.09. The zero-order valence-corrected chi connectivity index (χ0v) is 10.0. The van der Waals surface area contributed by atoms with E-state index in [1.54, 1.807) is 30.3 Å². The molecule has 0 radical (unpaired) electrons. The third-order valence-corrected chi connectivity index (χ3v) is 3.35. The Balaban J connectivity index is 2.28. The van der Waals surface area contributed by atoms with Crippen molar-refractivity contribution in [3.05, 3.63) is 30.3 Å². The molecule has 0 unspecified atom stereocenters. The molecule has 1 heterocycles. The number of para-hydroxylation sites is 1. The van der Waals surface area contributed by atoms with E-state index in [9.17, 15) is 14.4 Å². The maximum Gasteiger partial charge on any atom is 0.323 e. The van der Waals surface area contributed by atoms with E-state index in [1.165, 1.54) is 4.90 Å². The number of aliphatic carboxylic acids is 1. The molecule has 1 aliphatic rings. The van der Waals surface area contributed by atoms with E-state index in [1.807, 2.05) is 0 Å². The van der Waals surface area contributed by atoms with Crippen LogP contribution in [-0.2, 0) is 9.59 Å². The van der Waals surface area contributed by atoms with Crippen LogP contribution in [0, 0.1) is 0 Å². The van der Waals surface area contributed by atoms with Gasteiger partial charge in [-0.3, -0.25) is 19.7 Å². The van der Waals surface area contributed by atoms with E-state index in [2.05, 4.69) is 5.32 Å². The highest BCUT2D eigenvalue weighted by Crippen LogP contribution is 2.27. The maximum atomic E-state index is 11.6. The summed E-state index contributed by atoms with van der Waals surface area (Å²) in [5.74, 6) is -1.55. The fourth-order valence-corrected chi connectivity index (χ4v) is 2.48. The van der Waals surface area contributed by atoms with Crippen LogP contribution in [0.25, 0.3) is 0 Å². The Kier molecular flexibility index (Phi) is 3.52. The van der Waals surface area contributed by atoms with Gasteiger partial charge in [-0.15, -0.1) is 0 Å². The molecule has 2 amide bonds. The minimum absolute atomic E-state index is 0.345. The lowest BCUT2D eigenvalue weighted by atomic mass is 10.3. The number of hydrogen-bond donors (Lipinski definition) is 2. The van der Waals surface area contributed by atoms with Crippen LogP contribution in [0.2, 0.25) is 0 Å². The van der Waals surface area contributed by atoms with E-state index in [4.69, 9.17) is 5.11 Å². The molecule has 1 saturated heterocycles. The Bertz CT molecular complexity index is 491. The summed E-state index contributed by atoms with van der Waals surface area (Å²) in [5, 5.41) is 9.73. The molecule has 0 bridgehead atoms. The summed E-state index contributed by atoms with van der Waals surface area (Å²) >= 11 is 0.782. The predicted octanol–water partition coefficient (Wildman–Crippen LogP) is 0.887. The van der Waals surface area contributed by atoms with Crippen molar-refractivity contribution in [3.63, 3.8) is 0 Å². The van der Waals surface area contributed by atoms with Crippen LogP contribution < -0.4 is 10.2 Å². The molecule has 2 N–H and O–H groups in total. The second-order valence-corrected chi connectivity index (χ2v) is 4.66. The molecule has 0 saturated carbocycles. The lowest BCUT2D eigenvalue weighted by Gasteiger charge is -2.26. The average Bonchev–Trinajstić information content (AvgIpc) is 2.66. The molecule has 1 aromatic carbocycles. The lowest BCUT2D eigenvalue weighted by molar-refractivity contribution is -0.135. The molecule has 0 aromatic heterocycles. The van der Waals surface area contributed by atoms with E-state index in [-0.39, 0.29) is 6.54 Å². The lowest BCUT2D eigenvalue weighted by Crippen LogP contribution is -2.42. The van der Waals surface area contributed by atoms with Gasteiger partial charge in [0.15, 0.2) is 5.37 Å². The van der Waals surface area contributed by atoms with Gasteiger partial charge in [0.1, 0.15) is 6.54 Å². The SMILES string of the molecule is O=C(O)CN(c1ccccc1)[C@@H]1SC(=O)NC1=O. The summed E-state index contributed by atoms with van der Waals surface area (Å²) in [6.07, 6.45) is 0. The topological polar surface area (TPSA) is 86.7 Å². The van der Waals surface area contributed by atoms with E-state index in [0.29, 0.717) is 5.69 Å². The van der Waals surface area contributed by atoms with Gasteiger partial charge in [-0.05, 0) is 23.9 Å². The Morgan fingerprint density at radius 1 is 1.33 bits per heavy atom. The number of anilines is 1. The van der Waals surface area contributed by atoms with Crippen LogP contribution in [0.15, 0.2) is 30.3 Å². The van der Waals surface area contributed by atoms with Gasteiger partial charge in [-0.2, -0.15) is 0 Å². The van der Waals surface area contributed by atoms with Gasteiger partial charge >= 0.3 is 5.97 Å². The number of hydrogen-bond acceptors (Lipinski definition) is 5. The van der Waals surface area contributed by atoms with Gasteiger partial charge in [0.25, 0.3) is 11.1 Å². The fourth-order valence-electron chi connectivity index (χ4n) is 1.63. The van der Waals surface area contributed by atoms with Crippen molar-refractivity contribution in [3.8, 4) is 0 Å². The molecule has 2 rings (SSSR count). The number of benzene rings is 1. The molecular weight excluding hydrogens is 256 g/mol. The molecule has 1 fully saturated rings. The highest BCUT2D eigenvalue weighted by Gasteiger charge is 2.37. The Labute approximate surface area is 107 Å². The van der Waals surface area contributed by atoms with Crippen LogP contribution in [0.3, 0.4) is 0 Å². The van der Waals surface area contributed by atoms with Crippen molar-refractivity contribution in [1.29, 1.82) is 0 Å². The smallest absolute Gasteiger partial charge is 0.323 e. The van der Waals surface area contributed by atoms with Crippen LogP contribution in [0.4, 0.5) is 10.5 Å². The van der Waals surface area contributed by atoms with E-state index in [0.717, 1.165) is 11.8 Å². The zero-order valence-electron chi connectivity index (χ0n) is 9.20. The fraction of sp³-hybridized carbons (Fsp3) is 0.182. The third kappa shape index (κ3) is 2.62. The first-order valence-electron chi connectivity index (χ1n) is 5.13. The number of nitrogens with one attached hydrogen (secondary N) is 1. The number of thioether (sulfide) groups is 1. The molecule has 1 atom stereocenters.